The zero-order valence-corrected chi connectivity index (χ0v) is 22.5. The molecule has 2 amide bonds. The number of carbonyl (C=O) groups is 2. The van der Waals surface area contributed by atoms with Crippen molar-refractivity contribution in [1.82, 2.24) is 15.2 Å². The normalized spacial score (nSPS) is 27.8. The van der Waals surface area contributed by atoms with Crippen LogP contribution in [0.3, 0.4) is 0 Å². The number of ether oxygens (including phenoxy) is 1. The van der Waals surface area contributed by atoms with Crippen LogP contribution in [0.2, 0.25) is 0 Å². The van der Waals surface area contributed by atoms with Gasteiger partial charge in [0, 0.05) is 36.2 Å². The highest BCUT2D eigenvalue weighted by Gasteiger charge is 2.67. The summed E-state index contributed by atoms with van der Waals surface area (Å²) in [7, 11) is 0. The van der Waals surface area contributed by atoms with E-state index < -0.39 is 17.2 Å². The molecule has 5 rings (SSSR count). The van der Waals surface area contributed by atoms with Gasteiger partial charge in [0.05, 0.1) is 24.0 Å². The molecular weight excluding hydrogens is 466 g/mol. The van der Waals surface area contributed by atoms with Crippen molar-refractivity contribution in [2.24, 2.45) is 28.0 Å². The number of pyridine rings is 1. The van der Waals surface area contributed by atoms with Crippen molar-refractivity contribution in [3.63, 3.8) is 0 Å². The van der Waals surface area contributed by atoms with Crippen LogP contribution in [0.4, 0.5) is 0 Å². The van der Waals surface area contributed by atoms with E-state index in [0.717, 1.165) is 16.9 Å². The first-order valence-electron chi connectivity index (χ1n) is 13.0. The molecule has 2 aliphatic heterocycles. The average Bonchev–Trinajstić information content (AvgIpc) is 3.36. The largest absolute Gasteiger partial charge is 0.487 e. The van der Waals surface area contributed by atoms with Gasteiger partial charge in [-0.1, -0.05) is 38.1 Å². The molecule has 3 N–H and O–H groups in total. The topological polar surface area (TPSA) is 110 Å². The fraction of sp³-hybridized carbons (Fsp3) is 0.517. The van der Waals surface area contributed by atoms with Crippen molar-refractivity contribution in [1.29, 1.82) is 0 Å². The van der Waals surface area contributed by atoms with Crippen molar-refractivity contribution in [2.75, 3.05) is 0 Å². The fourth-order valence-electron chi connectivity index (χ4n) is 6.31. The molecule has 1 aromatic heterocycles. The molecule has 3 aliphatic rings. The highest BCUT2D eigenvalue weighted by atomic mass is 16.5. The van der Waals surface area contributed by atoms with Gasteiger partial charge in [-0.2, -0.15) is 0 Å². The van der Waals surface area contributed by atoms with E-state index in [4.69, 9.17) is 10.5 Å². The van der Waals surface area contributed by atoms with Crippen LogP contribution in [0.15, 0.2) is 53.8 Å². The molecule has 8 nitrogen and oxygen atoms in total. The lowest BCUT2D eigenvalue weighted by Gasteiger charge is -2.39. The smallest absolute Gasteiger partial charge is 0.232 e. The molecule has 8 heteroatoms. The second-order valence-electron chi connectivity index (χ2n) is 12.4. The summed E-state index contributed by atoms with van der Waals surface area (Å²) in [4.78, 5) is 37.8. The lowest BCUT2D eigenvalue weighted by atomic mass is 9.89. The number of hydrogen-bond donors (Lipinski definition) is 2. The summed E-state index contributed by atoms with van der Waals surface area (Å²) in [6.07, 6.45) is 4.37. The molecule has 2 unspecified atom stereocenters. The van der Waals surface area contributed by atoms with Crippen molar-refractivity contribution >= 4 is 17.8 Å². The van der Waals surface area contributed by atoms with Crippen LogP contribution in [0.25, 0.3) is 0 Å². The Balaban J connectivity index is 1.47. The molecule has 4 atom stereocenters. The Labute approximate surface area is 218 Å². The summed E-state index contributed by atoms with van der Waals surface area (Å²) >= 11 is 0. The van der Waals surface area contributed by atoms with Crippen LogP contribution in [-0.2, 0) is 9.59 Å². The van der Waals surface area contributed by atoms with E-state index in [2.05, 4.69) is 29.1 Å². The molecular formula is C29H37N5O3. The minimum Gasteiger partial charge on any atom is -0.487 e. The maximum atomic E-state index is 13.9. The minimum absolute atomic E-state index is 0.0262. The number of benzene rings is 1. The highest BCUT2D eigenvalue weighted by molar-refractivity contribution is 5.99. The molecule has 0 spiro atoms. The Hall–Kier alpha value is -3.42. The summed E-state index contributed by atoms with van der Waals surface area (Å²) in [5, 5.41) is 3.32. The SMILES string of the molecule is CC1(C)CC(=O)N(C(c2cccnc2)C2[C@H](C(=O)N[C@H]3CC(C)(C)Oc4ccccc43)C2(C)C)C(N)=N1. The number of nitrogens with one attached hydrogen (secondary N) is 1. The Kier molecular flexibility index (Phi) is 5.84. The average molecular weight is 504 g/mol. The zero-order valence-electron chi connectivity index (χ0n) is 22.5. The lowest BCUT2D eigenvalue weighted by molar-refractivity contribution is -0.132. The molecule has 1 aromatic carbocycles. The van der Waals surface area contributed by atoms with Crippen molar-refractivity contribution in [2.45, 2.75) is 77.6 Å². The third-order valence-electron chi connectivity index (χ3n) is 8.05. The van der Waals surface area contributed by atoms with Crippen LogP contribution in [0, 0.1) is 17.3 Å². The van der Waals surface area contributed by atoms with Gasteiger partial charge in [-0.25, -0.2) is 4.99 Å². The lowest BCUT2D eigenvalue weighted by Crippen LogP contribution is -2.52. The summed E-state index contributed by atoms with van der Waals surface area (Å²) in [5.74, 6) is 0.409. The zero-order chi connectivity index (χ0) is 26.8. The van der Waals surface area contributed by atoms with Gasteiger partial charge in [-0.05, 0) is 50.8 Å². The van der Waals surface area contributed by atoms with E-state index in [-0.39, 0.29) is 47.5 Å². The molecule has 0 bridgehead atoms. The number of guanidine groups is 1. The Morgan fingerprint density at radius 1 is 1.14 bits per heavy atom. The van der Waals surface area contributed by atoms with Gasteiger partial charge < -0.3 is 15.8 Å². The third kappa shape index (κ3) is 4.58. The predicted octanol–water partition coefficient (Wildman–Crippen LogP) is 4.14. The Bertz CT molecular complexity index is 1250. The summed E-state index contributed by atoms with van der Waals surface area (Å²) in [6, 6.07) is 11.1. The van der Waals surface area contributed by atoms with Crippen LogP contribution < -0.4 is 15.8 Å². The van der Waals surface area contributed by atoms with E-state index in [1.165, 1.54) is 0 Å². The minimum atomic E-state index is -0.559. The molecule has 2 aromatic rings. The molecule has 0 radical (unpaired) electrons. The van der Waals surface area contributed by atoms with Crippen molar-refractivity contribution < 1.29 is 14.3 Å². The van der Waals surface area contributed by atoms with Crippen LogP contribution >= 0.6 is 0 Å². The number of hydrogen-bond acceptors (Lipinski definition) is 6. The van der Waals surface area contributed by atoms with E-state index in [1.807, 2.05) is 64.1 Å². The maximum Gasteiger partial charge on any atom is 0.232 e. The Morgan fingerprint density at radius 3 is 2.54 bits per heavy atom. The number of para-hydroxylation sites is 1. The summed E-state index contributed by atoms with van der Waals surface area (Å²) in [5.41, 5.74) is 6.92. The van der Waals surface area contributed by atoms with Crippen LogP contribution in [-0.4, -0.2) is 38.8 Å². The molecule has 196 valence electrons. The van der Waals surface area contributed by atoms with E-state index in [9.17, 15) is 9.59 Å². The van der Waals surface area contributed by atoms with Gasteiger partial charge >= 0.3 is 0 Å². The fourth-order valence-corrected chi connectivity index (χ4v) is 6.31. The van der Waals surface area contributed by atoms with Gasteiger partial charge in [0.15, 0.2) is 5.96 Å². The first-order valence-corrected chi connectivity index (χ1v) is 13.0. The summed E-state index contributed by atoms with van der Waals surface area (Å²) in [6.45, 7) is 12.0. The molecule has 1 saturated carbocycles. The number of aliphatic imine (C=N–C) groups is 1. The molecule has 1 aliphatic carbocycles. The van der Waals surface area contributed by atoms with Crippen LogP contribution in [0.1, 0.15) is 77.6 Å². The van der Waals surface area contributed by atoms with Crippen LogP contribution in [0.5, 0.6) is 5.75 Å². The standard InChI is InChI=1S/C29H37N5O3/c1-27(2)15-21(35)34(26(30)33-27)24(17-10-9-13-31-16-17)22-23(29(22,5)6)25(36)32-19-14-28(3,4)37-20-12-8-7-11-18(19)20/h7-13,16,19,22-24H,14-15H2,1-6H3,(H2,30,33)(H,32,36)/t19-,22?,23+,24?/m0/s1. The number of rotatable bonds is 5. The van der Waals surface area contributed by atoms with E-state index >= 15 is 0 Å². The second kappa shape index (κ2) is 8.57. The van der Waals surface area contributed by atoms with Gasteiger partial charge in [-0.3, -0.25) is 19.5 Å². The molecule has 1 fully saturated rings. The Morgan fingerprint density at radius 2 is 1.86 bits per heavy atom. The van der Waals surface area contributed by atoms with Crippen molar-refractivity contribution in [3.8, 4) is 5.75 Å². The van der Waals surface area contributed by atoms with Crippen molar-refractivity contribution in [3.05, 3.63) is 59.9 Å². The number of nitrogens with two attached hydrogens (primary N) is 1. The first kappa shape index (κ1) is 25.2. The number of fused-ring (bicyclic) bond motifs is 1. The monoisotopic (exact) mass is 503 g/mol. The van der Waals surface area contributed by atoms with Gasteiger partial charge in [-0.15, -0.1) is 0 Å². The highest BCUT2D eigenvalue weighted by Crippen LogP contribution is 2.65. The third-order valence-corrected chi connectivity index (χ3v) is 8.05. The number of nitrogens with zero attached hydrogens (tertiary/aromatic N) is 3. The maximum absolute atomic E-state index is 13.9. The number of amides is 2. The van der Waals surface area contributed by atoms with Gasteiger partial charge in [0.1, 0.15) is 11.4 Å². The predicted molar refractivity (Wildman–Crippen MR) is 142 cm³/mol. The summed E-state index contributed by atoms with van der Waals surface area (Å²) < 4.78 is 6.16. The number of aromatic nitrogens is 1. The molecule has 0 saturated heterocycles. The number of carbonyl (C=O) groups excluding carboxylic acids is 2. The quantitative estimate of drug-likeness (QED) is 0.637. The molecule has 3 heterocycles. The first-order chi connectivity index (χ1) is 17.3. The van der Waals surface area contributed by atoms with E-state index in [0.29, 0.717) is 6.42 Å². The van der Waals surface area contributed by atoms with Gasteiger partial charge in [0.2, 0.25) is 11.8 Å². The second-order valence-corrected chi connectivity index (χ2v) is 12.4. The molecule has 37 heavy (non-hydrogen) atoms. The van der Waals surface area contributed by atoms with Gasteiger partial charge in [0.25, 0.3) is 0 Å². The van der Waals surface area contributed by atoms with E-state index in [1.54, 1.807) is 17.3 Å².